The van der Waals surface area contributed by atoms with Crippen molar-refractivity contribution in [1.29, 1.82) is 0 Å². The molecule has 0 radical (unpaired) electrons. The number of allylic oxidation sites excluding steroid dienone is 1. The minimum absolute atomic E-state index is 0.0118. The van der Waals surface area contributed by atoms with E-state index in [0.29, 0.717) is 4.53 Å². The molecule has 2 aliphatic rings. The molecule has 3 aromatic carbocycles. The summed E-state index contributed by atoms with van der Waals surface area (Å²) in [4.78, 5) is 23.1. The van der Waals surface area contributed by atoms with Crippen LogP contribution in [0.5, 0.6) is 5.75 Å². The Labute approximate surface area is 211 Å². The van der Waals surface area contributed by atoms with E-state index in [2.05, 4.69) is 41.4 Å². The third-order valence-electron chi connectivity index (χ3n) is 7.19. The van der Waals surface area contributed by atoms with E-state index in [0.717, 1.165) is 51.1 Å². The fraction of sp³-hybridized carbons (Fsp3) is 0.133. The number of nitrogens with one attached hydrogen (secondary N) is 1. The lowest BCUT2D eigenvalue weighted by Crippen LogP contribution is -2.38. The fourth-order valence-corrected chi connectivity index (χ4v) is 6.48. The second-order valence-corrected chi connectivity index (χ2v) is 10.2. The predicted molar refractivity (Wildman–Crippen MR) is 144 cm³/mol. The third kappa shape index (κ3) is 3.22. The maximum absolute atomic E-state index is 14.0. The average molecular weight is 490 g/mol. The van der Waals surface area contributed by atoms with Gasteiger partial charge in [-0.15, -0.1) is 0 Å². The highest BCUT2D eigenvalue weighted by Crippen LogP contribution is 2.41. The summed E-state index contributed by atoms with van der Waals surface area (Å²) in [5, 5.41) is 1.10. The zero-order valence-corrected chi connectivity index (χ0v) is 20.5. The molecule has 0 amide bonds. The zero-order chi connectivity index (χ0) is 24.2. The normalized spacial score (nSPS) is 16.9. The summed E-state index contributed by atoms with van der Waals surface area (Å²) in [5.41, 5.74) is 7.75. The van der Waals surface area contributed by atoms with E-state index >= 15 is 0 Å². The van der Waals surface area contributed by atoms with Crippen LogP contribution >= 0.6 is 11.3 Å². The van der Waals surface area contributed by atoms with Crippen LogP contribution in [-0.4, -0.2) is 16.7 Å². The fourth-order valence-electron chi connectivity index (χ4n) is 5.49. The molecule has 1 N–H and O–H groups in total. The van der Waals surface area contributed by atoms with Gasteiger partial charge in [0.25, 0.3) is 5.56 Å². The second kappa shape index (κ2) is 8.21. The van der Waals surface area contributed by atoms with E-state index in [4.69, 9.17) is 9.73 Å². The standard InChI is InChI=1S/C30H23N3O2S/c1-35-21-9-6-8-19(15-21)28-24-14-13-18-7-2-3-11-23(18)27(24)32-30-33(28)29(34)26(36-30)16-20-17-31-25-12-5-4-10-22(20)25/h2-12,15-17,28,31H,13-14H2,1H3/b26-16+. The number of hydrogen-bond acceptors (Lipinski definition) is 4. The van der Waals surface area contributed by atoms with E-state index in [9.17, 15) is 4.79 Å². The van der Waals surface area contributed by atoms with Gasteiger partial charge in [-0.25, -0.2) is 4.99 Å². The van der Waals surface area contributed by atoms with Crippen molar-refractivity contribution in [3.05, 3.63) is 127 Å². The number of hydrogen-bond donors (Lipinski definition) is 1. The molecule has 6 heteroatoms. The van der Waals surface area contributed by atoms with Gasteiger partial charge >= 0.3 is 0 Å². The number of aromatic nitrogens is 2. The first-order valence-electron chi connectivity index (χ1n) is 12.0. The number of nitrogens with zero attached hydrogens (tertiary/aromatic N) is 2. The van der Waals surface area contributed by atoms with Crippen LogP contribution in [0.2, 0.25) is 0 Å². The molecule has 0 saturated heterocycles. The van der Waals surface area contributed by atoms with Crippen molar-refractivity contribution in [2.75, 3.05) is 7.11 Å². The summed E-state index contributed by atoms with van der Waals surface area (Å²) in [5.74, 6) is 0.781. The Balaban J connectivity index is 1.50. The van der Waals surface area contributed by atoms with Crippen molar-refractivity contribution in [2.45, 2.75) is 18.9 Å². The number of para-hydroxylation sites is 1. The van der Waals surface area contributed by atoms with Gasteiger partial charge in [0, 0.05) is 28.2 Å². The third-order valence-corrected chi connectivity index (χ3v) is 8.17. The molecule has 5 nitrogen and oxygen atoms in total. The van der Waals surface area contributed by atoms with Crippen LogP contribution in [0.1, 0.15) is 34.7 Å². The summed E-state index contributed by atoms with van der Waals surface area (Å²) in [6, 6.07) is 24.5. The summed E-state index contributed by atoms with van der Waals surface area (Å²) in [6.45, 7) is 0. The van der Waals surface area contributed by atoms with Crippen LogP contribution in [0, 0.1) is 0 Å². The molecule has 0 spiro atoms. The Morgan fingerprint density at radius 1 is 1.06 bits per heavy atom. The molecule has 0 saturated carbocycles. The van der Waals surface area contributed by atoms with Crippen molar-refractivity contribution >= 4 is 34.0 Å². The molecule has 1 aliphatic carbocycles. The first-order valence-corrected chi connectivity index (χ1v) is 12.9. The minimum Gasteiger partial charge on any atom is -0.497 e. The number of ether oxygens (including phenoxy) is 1. The van der Waals surface area contributed by atoms with Gasteiger partial charge in [0.1, 0.15) is 5.75 Å². The predicted octanol–water partition coefficient (Wildman–Crippen LogP) is 4.81. The number of methoxy groups -OCH3 is 1. The first-order chi connectivity index (χ1) is 17.7. The largest absolute Gasteiger partial charge is 0.497 e. The highest BCUT2D eigenvalue weighted by Gasteiger charge is 2.32. The molecule has 0 bridgehead atoms. The molecule has 7 rings (SSSR count). The molecule has 36 heavy (non-hydrogen) atoms. The van der Waals surface area contributed by atoms with E-state index in [1.807, 2.05) is 53.2 Å². The van der Waals surface area contributed by atoms with E-state index in [-0.39, 0.29) is 11.6 Å². The molecular formula is C30H23N3O2S. The van der Waals surface area contributed by atoms with Crippen molar-refractivity contribution in [3.8, 4) is 5.75 Å². The molecule has 3 heterocycles. The van der Waals surface area contributed by atoms with Crippen LogP contribution in [0.4, 0.5) is 0 Å². The average Bonchev–Trinajstić information content (AvgIpc) is 3.48. The van der Waals surface area contributed by atoms with Crippen molar-refractivity contribution in [3.63, 3.8) is 0 Å². The number of aryl methyl sites for hydroxylation is 1. The number of fused-ring (bicyclic) bond motifs is 4. The van der Waals surface area contributed by atoms with Gasteiger partial charge in [-0.2, -0.15) is 0 Å². The highest BCUT2D eigenvalue weighted by molar-refractivity contribution is 7.07. The zero-order valence-electron chi connectivity index (χ0n) is 19.7. The molecule has 1 aliphatic heterocycles. The van der Waals surface area contributed by atoms with Gasteiger partial charge in [0.2, 0.25) is 0 Å². The minimum atomic E-state index is -0.218. The molecule has 176 valence electrons. The van der Waals surface area contributed by atoms with Crippen LogP contribution in [0.25, 0.3) is 22.7 Å². The first kappa shape index (κ1) is 21.1. The van der Waals surface area contributed by atoms with E-state index in [1.165, 1.54) is 28.0 Å². The van der Waals surface area contributed by atoms with Gasteiger partial charge < -0.3 is 9.72 Å². The number of benzene rings is 3. The Morgan fingerprint density at radius 2 is 1.92 bits per heavy atom. The number of H-pyrrole nitrogens is 1. The van der Waals surface area contributed by atoms with Gasteiger partial charge in [-0.3, -0.25) is 9.36 Å². The van der Waals surface area contributed by atoms with Crippen molar-refractivity contribution in [1.82, 2.24) is 9.55 Å². The Kier molecular flexibility index (Phi) is 4.82. The molecule has 5 aromatic rings. The van der Waals surface area contributed by atoms with Gasteiger partial charge in [-0.05, 0) is 53.8 Å². The van der Waals surface area contributed by atoms with Gasteiger partial charge in [0.05, 0.1) is 23.4 Å². The SMILES string of the molecule is COc1cccc(C2C3=C(N=c4s/c(=C/c5c[nH]c6ccccc56)c(=O)n42)c2ccccc2CC3)c1. The monoisotopic (exact) mass is 489 g/mol. The lowest BCUT2D eigenvalue weighted by Gasteiger charge is -2.31. The Hall–Kier alpha value is -4.16. The Bertz CT molecular complexity index is 1870. The summed E-state index contributed by atoms with van der Waals surface area (Å²) in [7, 11) is 1.67. The van der Waals surface area contributed by atoms with Gasteiger partial charge in [-0.1, -0.05) is 65.9 Å². The molecular weight excluding hydrogens is 466 g/mol. The van der Waals surface area contributed by atoms with Crippen molar-refractivity contribution in [2.24, 2.45) is 4.99 Å². The van der Waals surface area contributed by atoms with E-state index < -0.39 is 0 Å². The topological polar surface area (TPSA) is 59.4 Å². The lowest BCUT2D eigenvalue weighted by atomic mass is 9.83. The Morgan fingerprint density at radius 3 is 2.83 bits per heavy atom. The molecule has 1 atom stereocenters. The van der Waals surface area contributed by atoms with Crippen LogP contribution < -0.4 is 19.6 Å². The van der Waals surface area contributed by atoms with E-state index in [1.54, 1.807) is 7.11 Å². The second-order valence-electron chi connectivity index (χ2n) is 9.18. The maximum atomic E-state index is 14.0. The van der Waals surface area contributed by atoms with Crippen LogP contribution in [0.15, 0.2) is 94.4 Å². The molecule has 1 unspecified atom stereocenters. The van der Waals surface area contributed by atoms with Crippen molar-refractivity contribution < 1.29 is 4.74 Å². The van der Waals surface area contributed by atoms with Crippen LogP contribution in [0.3, 0.4) is 0 Å². The van der Waals surface area contributed by atoms with Gasteiger partial charge in [0.15, 0.2) is 4.80 Å². The summed E-state index contributed by atoms with van der Waals surface area (Å²) >= 11 is 1.46. The number of aromatic amines is 1. The molecule has 0 fully saturated rings. The number of thiazole rings is 1. The smallest absolute Gasteiger partial charge is 0.271 e. The highest BCUT2D eigenvalue weighted by atomic mass is 32.1. The van der Waals surface area contributed by atoms with Crippen LogP contribution in [-0.2, 0) is 6.42 Å². The summed E-state index contributed by atoms with van der Waals surface area (Å²) < 4.78 is 8.10. The number of rotatable bonds is 3. The molecule has 2 aromatic heterocycles. The quantitative estimate of drug-likeness (QED) is 0.396. The maximum Gasteiger partial charge on any atom is 0.271 e. The lowest BCUT2D eigenvalue weighted by molar-refractivity contribution is 0.413. The summed E-state index contributed by atoms with van der Waals surface area (Å²) in [6.07, 6.45) is 5.75.